The van der Waals surface area contributed by atoms with E-state index in [2.05, 4.69) is 32.0 Å². The zero-order valence-corrected chi connectivity index (χ0v) is 12.1. The molecule has 0 saturated carbocycles. The van der Waals surface area contributed by atoms with Crippen LogP contribution in [0.2, 0.25) is 0 Å². The Hall–Kier alpha value is -1.53. The molecule has 1 heterocycles. The van der Waals surface area contributed by atoms with Crippen LogP contribution in [0.5, 0.6) is 5.75 Å². The second-order valence-corrected chi connectivity index (χ2v) is 5.38. The van der Waals surface area contributed by atoms with E-state index in [0.29, 0.717) is 13.2 Å². The van der Waals surface area contributed by atoms with Gasteiger partial charge in [-0.05, 0) is 43.0 Å². The highest BCUT2D eigenvalue weighted by Gasteiger charge is 2.47. The van der Waals surface area contributed by atoms with E-state index >= 15 is 0 Å². The molecular formula is C16H21NO2. The van der Waals surface area contributed by atoms with Gasteiger partial charge in [0.25, 0.3) is 0 Å². The molecule has 0 radical (unpaired) electrons. The molecule has 0 bridgehead atoms. The molecule has 1 aliphatic heterocycles. The van der Waals surface area contributed by atoms with Crippen molar-refractivity contribution in [1.82, 2.24) is 0 Å². The van der Waals surface area contributed by atoms with Gasteiger partial charge < -0.3 is 9.47 Å². The minimum Gasteiger partial charge on any atom is -0.496 e. The van der Waals surface area contributed by atoms with Crippen molar-refractivity contribution in [1.29, 1.82) is 5.26 Å². The molecule has 1 aromatic carbocycles. The molecule has 1 fully saturated rings. The van der Waals surface area contributed by atoms with Crippen LogP contribution in [0.1, 0.15) is 30.0 Å². The summed E-state index contributed by atoms with van der Waals surface area (Å²) in [4.78, 5) is 0. The Labute approximate surface area is 115 Å². The molecule has 1 aromatic rings. The summed E-state index contributed by atoms with van der Waals surface area (Å²) in [5, 5.41) is 9.42. The van der Waals surface area contributed by atoms with E-state index in [4.69, 9.17) is 9.47 Å². The maximum absolute atomic E-state index is 9.42. The molecule has 3 heteroatoms. The first-order valence-electron chi connectivity index (χ1n) is 6.72. The van der Waals surface area contributed by atoms with Gasteiger partial charge in [0.1, 0.15) is 5.75 Å². The molecule has 2 rings (SSSR count). The zero-order valence-electron chi connectivity index (χ0n) is 12.1. The molecule has 0 amide bonds. The lowest BCUT2D eigenvalue weighted by atomic mass is 9.66. The summed E-state index contributed by atoms with van der Waals surface area (Å²) in [7, 11) is 1.69. The van der Waals surface area contributed by atoms with Crippen LogP contribution >= 0.6 is 0 Å². The number of ether oxygens (including phenoxy) is 2. The van der Waals surface area contributed by atoms with E-state index in [1.54, 1.807) is 7.11 Å². The largest absolute Gasteiger partial charge is 0.496 e. The first kappa shape index (κ1) is 13.9. The van der Waals surface area contributed by atoms with Crippen LogP contribution in [-0.4, -0.2) is 20.3 Å². The third kappa shape index (κ3) is 2.11. The summed E-state index contributed by atoms with van der Waals surface area (Å²) >= 11 is 0. The molecule has 0 spiro atoms. The fourth-order valence-electron chi connectivity index (χ4n) is 3.02. The van der Waals surface area contributed by atoms with E-state index in [1.807, 2.05) is 6.92 Å². The SMILES string of the molecule is CCC(C#N)C1(c2cc(C)c(OC)cc2C)COC1. The molecule has 1 saturated heterocycles. The maximum atomic E-state index is 9.42. The molecule has 3 nitrogen and oxygen atoms in total. The van der Waals surface area contributed by atoms with Crippen LogP contribution < -0.4 is 4.74 Å². The van der Waals surface area contributed by atoms with Crippen LogP contribution in [0, 0.1) is 31.1 Å². The van der Waals surface area contributed by atoms with Gasteiger partial charge in [-0.25, -0.2) is 0 Å². The predicted molar refractivity (Wildman–Crippen MR) is 74.4 cm³/mol. The van der Waals surface area contributed by atoms with Crippen LogP contribution in [0.15, 0.2) is 12.1 Å². The van der Waals surface area contributed by atoms with Crippen LogP contribution in [0.3, 0.4) is 0 Å². The number of nitriles is 1. The monoisotopic (exact) mass is 259 g/mol. The standard InChI is InChI=1S/C16H21NO2/c1-5-13(8-17)16(9-19-10-16)14-6-12(3)15(18-4)7-11(14)2/h6-7,13H,5,9-10H2,1-4H3. The summed E-state index contributed by atoms with van der Waals surface area (Å²) < 4.78 is 10.8. The molecule has 0 N–H and O–H groups in total. The van der Waals surface area contributed by atoms with E-state index in [1.165, 1.54) is 11.1 Å². The van der Waals surface area contributed by atoms with Crippen molar-refractivity contribution in [3.63, 3.8) is 0 Å². The van der Waals surface area contributed by atoms with Gasteiger partial charge in [0, 0.05) is 0 Å². The normalized spacial score (nSPS) is 18.3. The third-order valence-corrected chi connectivity index (χ3v) is 4.23. The van der Waals surface area contributed by atoms with Gasteiger partial charge in [0.15, 0.2) is 0 Å². The van der Waals surface area contributed by atoms with Crippen molar-refractivity contribution in [2.45, 2.75) is 32.6 Å². The number of benzene rings is 1. The predicted octanol–water partition coefficient (Wildman–Crippen LogP) is 3.13. The fraction of sp³-hybridized carbons (Fsp3) is 0.562. The van der Waals surface area contributed by atoms with Crippen molar-refractivity contribution >= 4 is 0 Å². The summed E-state index contributed by atoms with van der Waals surface area (Å²) in [5.74, 6) is 0.911. The lowest BCUT2D eigenvalue weighted by Gasteiger charge is -2.46. The quantitative estimate of drug-likeness (QED) is 0.834. The number of hydrogen-bond acceptors (Lipinski definition) is 3. The van der Waals surface area contributed by atoms with E-state index < -0.39 is 0 Å². The summed E-state index contributed by atoms with van der Waals surface area (Å²) in [6.45, 7) is 7.49. The Morgan fingerprint density at radius 2 is 2.05 bits per heavy atom. The number of aryl methyl sites for hydroxylation is 2. The smallest absolute Gasteiger partial charge is 0.122 e. The van der Waals surface area contributed by atoms with Crippen LogP contribution in [0.4, 0.5) is 0 Å². The van der Waals surface area contributed by atoms with E-state index in [0.717, 1.165) is 17.7 Å². The third-order valence-electron chi connectivity index (χ3n) is 4.23. The Morgan fingerprint density at radius 1 is 1.37 bits per heavy atom. The van der Waals surface area contributed by atoms with Gasteiger partial charge in [0.2, 0.25) is 0 Å². The van der Waals surface area contributed by atoms with Crippen LogP contribution in [-0.2, 0) is 10.2 Å². The fourth-order valence-corrected chi connectivity index (χ4v) is 3.02. The Balaban J connectivity index is 2.51. The van der Waals surface area contributed by atoms with Gasteiger partial charge in [0.05, 0.1) is 37.7 Å². The summed E-state index contributed by atoms with van der Waals surface area (Å²) in [6, 6.07) is 6.68. The highest BCUT2D eigenvalue weighted by Crippen LogP contribution is 2.43. The van der Waals surface area contributed by atoms with Crippen molar-refractivity contribution in [2.75, 3.05) is 20.3 Å². The topological polar surface area (TPSA) is 42.2 Å². The molecular weight excluding hydrogens is 238 g/mol. The number of methoxy groups -OCH3 is 1. The Kier molecular flexibility index (Phi) is 3.82. The van der Waals surface area contributed by atoms with Crippen molar-refractivity contribution in [2.24, 2.45) is 5.92 Å². The second kappa shape index (κ2) is 5.22. The first-order valence-corrected chi connectivity index (χ1v) is 6.72. The minimum absolute atomic E-state index is 0.00717. The van der Waals surface area contributed by atoms with Gasteiger partial charge >= 0.3 is 0 Å². The van der Waals surface area contributed by atoms with E-state index in [-0.39, 0.29) is 11.3 Å². The zero-order chi connectivity index (χ0) is 14.0. The highest BCUT2D eigenvalue weighted by atomic mass is 16.5. The van der Waals surface area contributed by atoms with Crippen molar-refractivity contribution in [3.8, 4) is 11.8 Å². The molecule has 1 atom stereocenters. The Morgan fingerprint density at radius 3 is 2.47 bits per heavy atom. The minimum atomic E-state index is -0.134. The second-order valence-electron chi connectivity index (χ2n) is 5.38. The van der Waals surface area contributed by atoms with Gasteiger partial charge in [-0.1, -0.05) is 13.0 Å². The molecule has 1 aliphatic rings. The highest BCUT2D eigenvalue weighted by molar-refractivity contribution is 5.46. The van der Waals surface area contributed by atoms with Gasteiger partial charge in [-0.15, -0.1) is 0 Å². The molecule has 1 unspecified atom stereocenters. The summed E-state index contributed by atoms with van der Waals surface area (Å²) in [5.41, 5.74) is 3.40. The van der Waals surface area contributed by atoms with Gasteiger partial charge in [-0.3, -0.25) is 0 Å². The average molecular weight is 259 g/mol. The number of hydrogen-bond donors (Lipinski definition) is 0. The maximum Gasteiger partial charge on any atom is 0.122 e. The first-order chi connectivity index (χ1) is 9.08. The number of rotatable bonds is 4. The van der Waals surface area contributed by atoms with Crippen LogP contribution in [0.25, 0.3) is 0 Å². The Bertz CT molecular complexity index is 512. The van der Waals surface area contributed by atoms with Gasteiger partial charge in [-0.2, -0.15) is 5.26 Å². The van der Waals surface area contributed by atoms with Crippen molar-refractivity contribution < 1.29 is 9.47 Å². The van der Waals surface area contributed by atoms with Crippen molar-refractivity contribution in [3.05, 3.63) is 28.8 Å². The number of nitrogens with zero attached hydrogens (tertiary/aromatic N) is 1. The molecule has 102 valence electrons. The average Bonchev–Trinajstić information content (AvgIpc) is 2.36. The lowest BCUT2D eigenvalue weighted by Crippen LogP contribution is -2.52. The van der Waals surface area contributed by atoms with E-state index in [9.17, 15) is 5.26 Å². The molecule has 19 heavy (non-hydrogen) atoms. The summed E-state index contributed by atoms with van der Waals surface area (Å²) in [6.07, 6.45) is 0.852. The lowest BCUT2D eigenvalue weighted by molar-refractivity contribution is -0.0808. The molecule has 0 aliphatic carbocycles. The molecule has 0 aromatic heterocycles.